The molecular formula is C45H69N3O4. The third kappa shape index (κ3) is 11.3. The van der Waals surface area contributed by atoms with Gasteiger partial charge in [0.1, 0.15) is 0 Å². The Morgan fingerprint density at radius 1 is 0.750 bits per heavy atom. The second kappa shape index (κ2) is 19.8. The van der Waals surface area contributed by atoms with Gasteiger partial charge < -0.3 is 30.1 Å². The number of benzene rings is 2. The lowest BCUT2D eigenvalue weighted by molar-refractivity contribution is -0.253. The summed E-state index contributed by atoms with van der Waals surface area (Å²) in [4.78, 5) is 16.1. The van der Waals surface area contributed by atoms with Crippen LogP contribution in [0.15, 0.2) is 48.5 Å². The number of anilines is 1. The van der Waals surface area contributed by atoms with E-state index >= 15 is 0 Å². The van der Waals surface area contributed by atoms with Gasteiger partial charge in [-0.3, -0.25) is 0 Å². The molecule has 3 atom stereocenters. The molecule has 3 N–H and O–H groups in total. The van der Waals surface area contributed by atoms with Crippen LogP contribution in [0.4, 0.5) is 10.5 Å². The van der Waals surface area contributed by atoms with Crippen LogP contribution in [0, 0.1) is 17.8 Å². The maximum Gasteiger partial charge on any atom is 0.319 e. The number of rotatable bonds is 21. The minimum atomic E-state index is -0.542. The van der Waals surface area contributed by atoms with Crippen LogP contribution >= 0.6 is 0 Å². The highest BCUT2D eigenvalue weighted by Gasteiger charge is 2.51. The standard InChI is InChI=1S/C45H69N3O4/c1-3-5-7-9-11-13-22-48(23-14-12-10-8-6-4-2)32-41-28-42(38-20-18-34(33-49)19-21-38)52-43(51-41)39-16-15-17-40(27-39)46-44(50)47-45-29-35-24-36(30-45)26-37(25-35)31-45/h15-21,27,35-37,41-43,49H,3-14,22-26,28-33H2,1-2H3,(H2,46,47,50)/t35?,36?,37?,41-,42+,43+,45?/m1/s1. The molecule has 5 fully saturated rings. The normalized spacial score (nSPS) is 28.0. The molecule has 1 aliphatic heterocycles. The number of aliphatic hydroxyl groups excluding tert-OH is 1. The van der Waals surface area contributed by atoms with Crippen LogP contribution in [0.2, 0.25) is 0 Å². The molecule has 5 aliphatic rings. The van der Waals surface area contributed by atoms with Crippen LogP contribution < -0.4 is 10.6 Å². The van der Waals surface area contributed by atoms with Gasteiger partial charge in [0, 0.05) is 29.8 Å². The minimum absolute atomic E-state index is 0.0115. The molecule has 52 heavy (non-hydrogen) atoms. The minimum Gasteiger partial charge on any atom is -0.392 e. The van der Waals surface area contributed by atoms with Crippen LogP contribution in [0.3, 0.4) is 0 Å². The lowest BCUT2D eigenvalue weighted by Gasteiger charge is -2.56. The molecule has 4 saturated carbocycles. The van der Waals surface area contributed by atoms with Crippen LogP contribution in [0.25, 0.3) is 0 Å². The van der Waals surface area contributed by atoms with Gasteiger partial charge in [-0.15, -0.1) is 0 Å². The molecule has 0 radical (unpaired) electrons. The number of hydrogen-bond acceptors (Lipinski definition) is 5. The Hall–Kier alpha value is -2.45. The van der Waals surface area contributed by atoms with Gasteiger partial charge in [-0.1, -0.05) is 114 Å². The van der Waals surface area contributed by atoms with Gasteiger partial charge in [0.2, 0.25) is 0 Å². The summed E-state index contributed by atoms with van der Waals surface area (Å²) >= 11 is 0. The molecule has 288 valence electrons. The molecule has 2 aromatic carbocycles. The van der Waals surface area contributed by atoms with Gasteiger partial charge in [-0.05, 0) is 105 Å². The van der Waals surface area contributed by atoms with Gasteiger partial charge in [-0.25, -0.2) is 4.79 Å². The summed E-state index contributed by atoms with van der Waals surface area (Å²) in [5.74, 6) is 2.34. The van der Waals surface area contributed by atoms with E-state index in [1.54, 1.807) is 0 Å². The Labute approximate surface area is 315 Å². The first kappa shape index (κ1) is 39.2. The second-order valence-electron chi connectivity index (χ2n) is 17.1. The van der Waals surface area contributed by atoms with Crippen molar-refractivity contribution < 1.29 is 19.4 Å². The van der Waals surface area contributed by atoms with E-state index in [1.165, 1.54) is 96.3 Å². The molecule has 1 heterocycles. The van der Waals surface area contributed by atoms with Crippen molar-refractivity contribution in [3.8, 4) is 0 Å². The van der Waals surface area contributed by atoms with Crippen LogP contribution in [0.5, 0.6) is 0 Å². The molecule has 0 spiro atoms. The molecule has 0 aromatic heterocycles. The Bertz CT molecular complexity index is 1310. The first-order chi connectivity index (χ1) is 25.4. The molecule has 4 bridgehead atoms. The molecule has 7 heteroatoms. The number of amides is 2. The first-order valence-electron chi connectivity index (χ1n) is 21.4. The van der Waals surface area contributed by atoms with E-state index in [4.69, 9.17) is 9.47 Å². The van der Waals surface area contributed by atoms with Gasteiger partial charge in [-0.2, -0.15) is 0 Å². The van der Waals surface area contributed by atoms with Crippen molar-refractivity contribution in [1.29, 1.82) is 0 Å². The van der Waals surface area contributed by atoms with E-state index in [0.717, 1.165) is 85.4 Å². The molecule has 7 rings (SSSR count). The highest BCUT2D eigenvalue weighted by Crippen LogP contribution is 2.55. The van der Waals surface area contributed by atoms with Crippen molar-refractivity contribution in [3.05, 3.63) is 65.2 Å². The summed E-state index contributed by atoms with van der Waals surface area (Å²) in [6, 6.07) is 16.1. The molecular weight excluding hydrogens is 647 g/mol. The van der Waals surface area contributed by atoms with Gasteiger partial charge >= 0.3 is 6.03 Å². The summed E-state index contributed by atoms with van der Waals surface area (Å²) < 4.78 is 13.6. The fraction of sp³-hybridized carbons (Fsp3) is 0.711. The van der Waals surface area contributed by atoms with Gasteiger partial charge in [0.25, 0.3) is 0 Å². The van der Waals surface area contributed by atoms with Crippen molar-refractivity contribution >= 4 is 11.7 Å². The lowest BCUT2D eigenvalue weighted by atomic mass is 9.53. The van der Waals surface area contributed by atoms with E-state index < -0.39 is 6.29 Å². The van der Waals surface area contributed by atoms with Crippen LogP contribution in [-0.2, 0) is 16.1 Å². The number of ether oxygens (including phenoxy) is 2. The molecule has 7 nitrogen and oxygen atoms in total. The SMILES string of the molecule is CCCCCCCCN(CCCCCCCC)C[C@H]1C[C@@H](c2ccc(CO)cc2)O[C@@H](c2cccc(NC(=O)NC34CC5CC(CC(C5)C3)C4)c2)O1. The van der Waals surface area contributed by atoms with Crippen LogP contribution in [0.1, 0.15) is 165 Å². The van der Waals surface area contributed by atoms with Crippen molar-refractivity contribution in [1.82, 2.24) is 10.2 Å². The maximum atomic E-state index is 13.5. The average Bonchev–Trinajstić information content (AvgIpc) is 3.13. The smallest absolute Gasteiger partial charge is 0.319 e. The Morgan fingerprint density at radius 2 is 1.35 bits per heavy atom. The van der Waals surface area contributed by atoms with Crippen molar-refractivity contribution in [2.24, 2.45) is 17.8 Å². The zero-order chi connectivity index (χ0) is 36.2. The topological polar surface area (TPSA) is 83.1 Å². The van der Waals surface area contributed by atoms with Crippen molar-refractivity contribution in [2.75, 3.05) is 25.0 Å². The third-order valence-electron chi connectivity index (χ3n) is 12.6. The Kier molecular flexibility index (Phi) is 14.9. The highest BCUT2D eigenvalue weighted by molar-refractivity contribution is 5.90. The Balaban J connectivity index is 1.12. The quantitative estimate of drug-likeness (QED) is 0.112. The monoisotopic (exact) mass is 716 g/mol. The van der Waals surface area contributed by atoms with E-state index in [9.17, 15) is 9.90 Å². The number of aliphatic hydroxyl groups is 1. The fourth-order valence-corrected chi connectivity index (χ4v) is 10.3. The zero-order valence-corrected chi connectivity index (χ0v) is 32.5. The molecule has 4 aliphatic carbocycles. The summed E-state index contributed by atoms with van der Waals surface area (Å²) in [6.07, 6.45) is 23.2. The summed E-state index contributed by atoms with van der Waals surface area (Å²) in [5.41, 5.74) is 3.67. The number of carbonyl (C=O) groups excluding carboxylic acids is 1. The number of hydrogen-bond donors (Lipinski definition) is 3. The van der Waals surface area contributed by atoms with E-state index in [1.807, 2.05) is 30.3 Å². The van der Waals surface area contributed by atoms with Crippen molar-refractivity contribution in [3.63, 3.8) is 0 Å². The number of nitrogens with one attached hydrogen (secondary N) is 2. The molecule has 1 saturated heterocycles. The number of urea groups is 1. The van der Waals surface area contributed by atoms with Crippen LogP contribution in [-0.4, -0.2) is 47.3 Å². The van der Waals surface area contributed by atoms with E-state index in [2.05, 4.69) is 47.6 Å². The Morgan fingerprint density at radius 3 is 1.94 bits per heavy atom. The number of carbonyl (C=O) groups is 1. The molecule has 2 aromatic rings. The zero-order valence-electron chi connectivity index (χ0n) is 32.5. The molecule has 2 amide bonds. The maximum absolute atomic E-state index is 13.5. The lowest BCUT2D eigenvalue weighted by Crippen LogP contribution is -2.60. The second-order valence-corrected chi connectivity index (χ2v) is 17.1. The summed E-state index contributed by atoms with van der Waals surface area (Å²) in [5, 5.41) is 16.3. The molecule has 0 unspecified atom stereocenters. The summed E-state index contributed by atoms with van der Waals surface area (Å²) in [6.45, 7) is 7.71. The highest BCUT2D eigenvalue weighted by atomic mass is 16.7. The average molecular weight is 716 g/mol. The number of unbranched alkanes of at least 4 members (excludes halogenated alkanes) is 10. The van der Waals surface area contributed by atoms with E-state index in [-0.39, 0.29) is 30.4 Å². The predicted molar refractivity (Wildman–Crippen MR) is 211 cm³/mol. The summed E-state index contributed by atoms with van der Waals surface area (Å²) in [7, 11) is 0. The fourth-order valence-electron chi connectivity index (χ4n) is 10.3. The van der Waals surface area contributed by atoms with Crippen molar-refractivity contribution in [2.45, 2.75) is 166 Å². The predicted octanol–water partition coefficient (Wildman–Crippen LogP) is 10.8. The van der Waals surface area contributed by atoms with Gasteiger partial charge in [0.05, 0.1) is 18.8 Å². The number of nitrogens with zero attached hydrogens (tertiary/aromatic N) is 1. The largest absolute Gasteiger partial charge is 0.392 e. The van der Waals surface area contributed by atoms with E-state index in [0.29, 0.717) is 0 Å². The van der Waals surface area contributed by atoms with Gasteiger partial charge in [0.15, 0.2) is 6.29 Å². The third-order valence-corrected chi connectivity index (χ3v) is 12.6. The first-order valence-corrected chi connectivity index (χ1v) is 21.4.